The molecule has 0 atom stereocenters. The summed E-state index contributed by atoms with van der Waals surface area (Å²) >= 11 is 1.16. The molecule has 2 aromatic heterocycles. The van der Waals surface area contributed by atoms with E-state index in [1.54, 1.807) is 22.6 Å². The van der Waals surface area contributed by atoms with E-state index in [0.29, 0.717) is 18.0 Å². The minimum absolute atomic E-state index is 0.193. The molecule has 0 bridgehead atoms. The third kappa shape index (κ3) is 2.60. The number of carbonyl (C=O) groups excluding carboxylic acids is 1. The molecule has 0 aliphatic carbocycles. The Morgan fingerprint density at radius 2 is 2.05 bits per heavy atom. The Hall–Kier alpha value is -2.47. The van der Waals surface area contributed by atoms with Gasteiger partial charge in [-0.1, -0.05) is 22.7 Å². The first kappa shape index (κ1) is 12.6. The molecule has 1 amide bonds. The number of nitrogens with zero attached hydrogens (tertiary/aromatic N) is 3. The third-order valence-electron chi connectivity index (χ3n) is 2.79. The molecule has 0 unspecified atom stereocenters. The van der Waals surface area contributed by atoms with E-state index in [0.717, 1.165) is 17.2 Å². The molecule has 0 fully saturated rings. The Morgan fingerprint density at radius 3 is 2.70 bits per heavy atom. The van der Waals surface area contributed by atoms with Gasteiger partial charge in [-0.2, -0.15) is 0 Å². The number of furan rings is 1. The van der Waals surface area contributed by atoms with Crippen LogP contribution in [-0.2, 0) is 6.54 Å². The summed E-state index contributed by atoms with van der Waals surface area (Å²) < 4.78 is 9.06. The highest BCUT2D eigenvalue weighted by atomic mass is 32.1. The SMILES string of the molecule is O=C(c1csnn1)N(Cc1ccco1)c1ccccc1. The lowest BCUT2D eigenvalue weighted by molar-refractivity contribution is 0.0978. The van der Waals surface area contributed by atoms with Crippen molar-refractivity contribution >= 4 is 23.1 Å². The highest BCUT2D eigenvalue weighted by Gasteiger charge is 2.21. The van der Waals surface area contributed by atoms with Gasteiger partial charge in [0.1, 0.15) is 5.76 Å². The third-order valence-corrected chi connectivity index (χ3v) is 3.29. The van der Waals surface area contributed by atoms with Crippen molar-refractivity contribution < 1.29 is 9.21 Å². The van der Waals surface area contributed by atoms with Crippen LogP contribution in [0.4, 0.5) is 5.69 Å². The summed E-state index contributed by atoms with van der Waals surface area (Å²) in [4.78, 5) is 14.1. The molecule has 1 aromatic carbocycles. The van der Waals surface area contributed by atoms with E-state index in [9.17, 15) is 4.79 Å². The van der Waals surface area contributed by atoms with Gasteiger partial charge in [0.25, 0.3) is 5.91 Å². The minimum atomic E-state index is -0.193. The molecule has 0 radical (unpaired) electrons. The van der Waals surface area contributed by atoms with E-state index < -0.39 is 0 Å². The molecule has 0 spiro atoms. The number of aromatic nitrogens is 2. The van der Waals surface area contributed by atoms with E-state index in [-0.39, 0.29) is 5.91 Å². The van der Waals surface area contributed by atoms with Crippen LogP contribution in [0.3, 0.4) is 0 Å². The van der Waals surface area contributed by atoms with Crippen molar-refractivity contribution in [2.24, 2.45) is 0 Å². The van der Waals surface area contributed by atoms with Crippen molar-refractivity contribution in [3.63, 3.8) is 0 Å². The zero-order valence-corrected chi connectivity index (χ0v) is 11.3. The normalized spacial score (nSPS) is 10.4. The molecule has 3 aromatic rings. The molecule has 6 heteroatoms. The molecule has 20 heavy (non-hydrogen) atoms. The summed E-state index contributed by atoms with van der Waals surface area (Å²) in [5.41, 5.74) is 1.13. The summed E-state index contributed by atoms with van der Waals surface area (Å²) in [7, 11) is 0. The number of hydrogen-bond donors (Lipinski definition) is 0. The number of hydrogen-bond acceptors (Lipinski definition) is 5. The van der Waals surface area contributed by atoms with Crippen LogP contribution in [0.1, 0.15) is 16.2 Å². The van der Waals surface area contributed by atoms with Crippen LogP contribution < -0.4 is 4.90 Å². The number of carbonyl (C=O) groups is 1. The lowest BCUT2D eigenvalue weighted by Gasteiger charge is -2.20. The van der Waals surface area contributed by atoms with Gasteiger partial charge in [-0.05, 0) is 35.8 Å². The predicted octanol–water partition coefficient (Wildman–Crippen LogP) is 2.98. The summed E-state index contributed by atoms with van der Waals surface area (Å²) in [6, 6.07) is 13.1. The van der Waals surface area contributed by atoms with Gasteiger partial charge in [0, 0.05) is 11.1 Å². The Bertz CT molecular complexity index is 666. The molecule has 3 rings (SSSR count). The lowest BCUT2D eigenvalue weighted by atomic mass is 10.2. The summed E-state index contributed by atoms with van der Waals surface area (Å²) in [6.07, 6.45) is 1.59. The van der Waals surface area contributed by atoms with Crippen molar-refractivity contribution in [1.29, 1.82) is 0 Å². The zero-order valence-electron chi connectivity index (χ0n) is 10.5. The standard InChI is InChI=1S/C14H11N3O2S/c18-14(13-10-20-16-15-13)17(9-12-7-4-8-19-12)11-5-2-1-3-6-11/h1-8,10H,9H2. The summed E-state index contributed by atoms with van der Waals surface area (Å²) in [6.45, 7) is 0.355. The van der Waals surface area contributed by atoms with Gasteiger partial charge in [0.2, 0.25) is 0 Å². The lowest BCUT2D eigenvalue weighted by Crippen LogP contribution is -2.30. The van der Waals surface area contributed by atoms with Gasteiger partial charge >= 0.3 is 0 Å². The van der Waals surface area contributed by atoms with Crippen molar-refractivity contribution in [3.05, 3.63) is 65.6 Å². The van der Waals surface area contributed by atoms with Crippen molar-refractivity contribution in [2.75, 3.05) is 4.90 Å². The molecular formula is C14H11N3O2S. The fourth-order valence-electron chi connectivity index (χ4n) is 1.84. The first-order valence-electron chi connectivity index (χ1n) is 6.01. The van der Waals surface area contributed by atoms with E-state index in [1.165, 1.54) is 0 Å². The second-order valence-electron chi connectivity index (χ2n) is 4.10. The van der Waals surface area contributed by atoms with Crippen LogP contribution in [0.5, 0.6) is 0 Å². The maximum absolute atomic E-state index is 12.5. The topological polar surface area (TPSA) is 59.2 Å². The second kappa shape index (κ2) is 5.66. The largest absolute Gasteiger partial charge is 0.467 e. The summed E-state index contributed by atoms with van der Waals surface area (Å²) in [5, 5.41) is 5.48. The van der Waals surface area contributed by atoms with Crippen molar-refractivity contribution in [3.8, 4) is 0 Å². The molecule has 0 saturated heterocycles. The average Bonchev–Trinajstić information content (AvgIpc) is 3.18. The van der Waals surface area contributed by atoms with E-state index in [1.807, 2.05) is 36.4 Å². The van der Waals surface area contributed by atoms with E-state index in [2.05, 4.69) is 9.59 Å². The predicted molar refractivity (Wildman–Crippen MR) is 75.6 cm³/mol. The number of amides is 1. The maximum atomic E-state index is 12.5. The van der Waals surface area contributed by atoms with Gasteiger partial charge < -0.3 is 4.42 Å². The Labute approximate surface area is 119 Å². The molecule has 2 heterocycles. The molecule has 0 aliphatic rings. The minimum Gasteiger partial charge on any atom is -0.467 e. The Kier molecular flexibility index (Phi) is 3.56. The van der Waals surface area contributed by atoms with Crippen molar-refractivity contribution in [2.45, 2.75) is 6.54 Å². The molecule has 100 valence electrons. The molecule has 0 saturated carbocycles. The average molecular weight is 285 g/mol. The smallest absolute Gasteiger partial charge is 0.280 e. The first-order valence-corrected chi connectivity index (χ1v) is 6.84. The van der Waals surface area contributed by atoms with Gasteiger partial charge in [-0.15, -0.1) is 5.10 Å². The van der Waals surface area contributed by atoms with E-state index >= 15 is 0 Å². The summed E-state index contributed by atoms with van der Waals surface area (Å²) in [5.74, 6) is 0.520. The zero-order chi connectivity index (χ0) is 13.8. The van der Waals surface area contributed by atoms with Gasteiger partial charge in [-0.25, -0.2) is 0 Å². The van der Waals surface area contributed by atoms with Crippen LogP contribution in [0, 0.1) is 0 Å². The highest BCUT2D eigenvalue weighted by molar-refractivity contribution is 7.03. The second-order valence-corrected chi connectivity index (χ2v) is 4.71. The van der Waals surface area contributed by atoms with Gasteiger partial charge in [0.05, 0.1) is 12.8 Å². The molecular weight excluding hydrogens is 274 g/mol. The molecule has 0 aliphatic heterocycles. The number of rotatable bonds is 4. The fourth-order valence-corrected chi connectivity index (χ4v) is 2.27. The van der Waals surface area contributed by atoms with Crippen LogP contribution in [-0.4, -0.2) is 15.5 Å². The van der Waals surface area contributed by atoms with Crippen LogP contribution in [0.15, 0.2) is 58.5 Å². The van der Waals surface area contributed by atoms with Crippen LogP contribution in [0.25, 0.3) is 0 Å². The van der Waals surface area contributed by atoms with Gasteiger partial charge in [0.15, 0.2) is 5.69 Å². The number of para-hydroxylation sites is 1. The Morgan fingerprint density at radius 1 is 1.20 bits per heavy atom. The van der Waals surface area contributed by atoms with Crippen LogP contribution >= 0.6 is 11.5 Å². The monoisotopic (exact) mass is 285 g/mol. The molecule has 5 nitrogen and oxygen atoms in total. The molecule has 0 N–H and O–H groups in total. The first-order chi connectivity index (χ1) is 9.84. The Balaban J connectivity index is 1.93. The maximum Gasteiger partial charge on any atom is 0.280 e. The van der Waals surface area contributed by atoms with Gasteiger partial charge in [-0.3, -0.25) is 9.69 Å². The number of anilines is 1. The van der Waals surface area contributed by atoms with Crippen LogP contribution in [0.2, 0.25) is 0 Å². The number of benzene rings is 1. The quantitative estimate of drug-likeness (QED) is 0.739. The van der Waals surface area contributed by atoms with E-state index in [4.69, 9.17) is 4.42 Å². The fraction of sp³-hybridized carbons (Fsp3) is 0.0714. The van der Waals surface area contributed by atoms with Crippen molar-refractivity contribution in [1.82, 2.24) is 9.59 Å². The highest BCUT2D eigenvalue weighted by Crippen LogP contribution is 2.19.